The summed E-state index contributed by atoms with van der Waals surface area (Å²) in [7, 11) is 1.28. The largest absolute Gasteiger partial charge is 0.465 e. The van der Waals surface area contributed by atoms with Crippen molar-refractivity contribution in [1.82, 2.24) is 4.98 Å². The van der Waals surface area contributed by atoms with E-state index >= 15 is 0 Å². The van der Waals surface area contributed by atoms with Gasteiger partial charge in [-0.1, -0.05) is 23.2 Å². The number of amides is 1. The molecular weight excluding hydrogens is 315 g/mol. The Bertz CT molecular complexity index is 687. The second kappa shape index (κ2) is 6.56. The minimum Gasteiger partial charge on any atom is -0.465 e. The van der Waals surface area contributed by atoms with Crippen molar-refractivity contribution in [2.24, 2.45) is 0 Å². The maximum atomic E-state index is 12.1. The van der Waals surface area contributed by atoms with Crippen LogP contribution in [-0.2, 0) is 4.74 Å². The smallest absolute Gasteiger partial charge is 0.339 e. The lowest BCUT2D eigenvalue weighted by Crippen LogP contribution is -2.13. The number of rotatable bonds is 3. The van der Waals surface area contributed by atoms with Crippen LogP contribution in [0, 0.1) is 0 Å². The molecule has 7 heteroatoms. The number of benzene rings is 1. The van der Waals surface area contributed by atoms with Crippen LogP contribution in [0.3, 0.4) is 0 Å². The minimum atomic E-state index is -0.499. The van der Waals surface area contributed by atoms with Gasteiger partial charge in [-0.15, -0.1) is 0 Å². The molecule has 0 aliphatic rings. The van der Waals surface area contributed by atoms with Crippen LogP contribution in [0.1, 0.15) is 20.7 Å². The molecule has 0 fully saturated rings. The standard InChI is InChI=1S/C14H10Cl2N2O3/c1-21-14(20)8-2-5-12(17-7-8)18-13(19)10-4-3-9(15)6-11(10)16/h2-7H,1H3,(H,17,18,19). The topological polar surface area (TPSA) is 68.3 Å². The first-order chi connectivity index (χ1) is 10.0. The lowest BCUT2D eigenvalue weighted by molar-refractivity contribution is 0.0600. The van der Waals surface area contributed by atoms with Crippen LogP contribution in [0.2, 0.25) is 10.0 Å². The summed E-state index contributed by atoms with van der Waals surface area (Å²) < 4.78 is 4.56. The molecule has 108 valence electrons. The molecule has 0 radical (unpaired) electrons. The SMILES string of the molecule is COC(=O)c1ccc(NC(=O)c2ccc(Cl)cc2Cl)nc1. The van der Waals surface area contributed by atoms with Crippen molar-refractivity contribution in [2.45, 2.75) is 0 Å². The van der Waals surface area contributed by atoms with Gasteiger partial charge in [0.25, 0.3) is 5.91 Å². The summed E-state index contributed by atoms with van der Waals surface area (Å²) in [6.45, 7) is 0. The summed E-state index contributed by atoms with van der Waals surface area (Å²) in [5.74, 6) is -0.630. The van der Waals surface area contributed by atoms with Crippen LogP contribution in [-0.4, -0.2) is 24.0 Å². The van der Waals surface area contributed by atoms with E-state index in [0.717, 1.165) is 0 Å². The molecule has 0 aliphatic heterocycles. The van der Waals surface area contributed by atoms with Gasteiger partial charge in [0, 0.05) is 11.2 Å². The van der Waals surface area contributed by atoms with Crippen LogP contribution in [0.5, 0.6) is 0 Å². The summed E-state index contributed by atoms with van der Waals surface area (Å²) >= 11 is 11.7. The highest BCUT2D eigenvalue weighted by Crippen LogP contribution is 2.21. The summed E-state index contributed by atoms with van der Waals surface area (Å²) in [4.78, 5) is 27.3. The van der Waals surface area contributed by atoms with Crippen molar-refractivity contribution < 1.29 is 14.3 Å². The number of aromatic nitrogens is 1. The average molecular weight is 325 g/mol. The number of anilines is 1. The van der Waals surface area contributed by atoms with Crippen molar-refractivity contribution in [3.05, 3.63) is 57.7 Å². The van der Waals surface area contributed by atoms with Gasteiger partial charge in [-0.25, -0.2) is 9.78 Å². The fourth-order valence-corrected chi connectivity index (χ4v) is 2.06. The maximum Gasteiger partial charge on any atom is 0.339 e. The molecule has 1 amide bonds. The molecule has 0 saturated carbocycles. The Morgan fingerprint density at radius 2 is 1.95 bits per heavy atom. The van der Waals surface area contributed by atoms with E-state index in [9.17, 15) is 9.59 Å². The zero-order valence-electron chi connectivity index (χ0n) is 10.9. The predicted molar refractivity (Wildman–Crippen MR) is 80.0 cm³/mol. The molecule has 0 unspecified atom stereocenters. The number of carbonyl (C=O) groups is 2. The number of esters is 1. The highest BCUT2D eigenvalue weighted by Gasteiger charge is 2.12. The van der Waals surface area contributed by atoms with Crippen molar-refractivity contribution in [2.75, 3.05) is 12.4 Å². The Morgan fingerprint density at radius 1 is 1.19 bits per heavy atom. The lowest BCUT2D eigenvalue weighted by atomic mass is 10.2. The highest BCUT2D eigenvalue weighted by atomic mass is 35.5. The van der Waals surface area contributed by atoms with E-state index in [1.807, 2.05) is 0 Å². The van der Waals surface area contributed by atoms with Crippen molar-refractivity contribution in [1.29, 1.82) is 0 Å². The third-order valence-corrected chi connectivity index (χ3v) is 3.15. The predicted octanol–water partition coefficient (Wildman–Crippen LogP) is 3.43. The van der Waals surface area contributed by atoms with E-state index < -0.39 is 11.9 Å². The quantitative estimate of drug-likeness (QED) is 0.878. The summed E-state index contributed by atoms with van der Waals surface area (Å²) in [6, 6.07) is 7.55. The number of pyridine rings is 1. The highest BCUT2D eigenvalue weighted by molar-refractivity contribution is 6.37. The molecule has 0 saturated heterocycles. The first kappa shape index (κ1) is 15.3. The monoisotopic (exact) mass is 324 g/mol. The Labute approximate surface area is 130 Å². The van der Waals surface area contributed by atoms with Gasteiger partial charge in [-0.3, -0.25) is 4.79 Å². The van der Waals surface area contributed by atoms with E-state index in [0.29, 0.717) is 16.4 Å². The number of nitrogens with one attached hydrogen (secondary N) is 1. The molecule has 0 atom stereocenters. The number of nitrogens with zero attached hydrogens (tertiary/aromatic N) is 1. The minimum absolute atomic E-state index is 0.242. The van der Waals surface area contributed by atoms with Gasteiger partial charge in [0.15, 0.2) is 0 Å². The Kier molecular flexibility index (Phi) is 4.77. The second-order valence-corrected chi connectivity index (χ2v) is 4.85. The van der Waals surface area contributed by atoms with Crippen LogP contribution >= 0.6 is 23.2 Å². The number of hydrogen-bond donors (Lipinski definition) is 1. The molecule has 0 spiro atoms. The number of hydrogen-bond acceptors (Lipinski definition) is 4. The normalized spacial score (nSPS) is 10.0. The van der Waals surface area contributed by atoms with E-state index in [4.69, 9.17) is 23.2 Å². The van der Waals surface area contributed by atoms with Gasteiger partial charge in [0.2, 0.25) is 0 Å². The van der Waals surface area contributed by atoms with Crippen molar-refractivity contribution >= 4 is 40.9 Å². The molecule has 1 heterocycles. The zero-order chi connectivity index (χ0) is 15.4. The van der Waals surface area contributed by atoms with Gasteiger partial charge in [0.05, 0.1) is 23.3 Å². The number of ether oxygens (including phenoxy) is 1. The number of methoxy groups -OCH3 is 1. The van der Waals surface area contributed by atoms with E-state index in [1.54, 1.807) is 6.07 Å². The van der Waals surface area contributed by atoms with Gasteiger partial charge in [-0.2, -0.15) is 0 Å². The molecular formula is C14H10Cl2N2O3. The fourth-order valence-electron chi connectivity index (χ4n) is 1.56. The fraction of sp³-hybridized carbons (Fsp3) is 0.0714. The average Bonchev–Trinajstić information content (AvgIpc) is 2.47. The molecule has 5 nitrogen and oxygen atoms in total. The van der Waals surface area contributed by atoms with Gasteiger partial charge >= 0.3 is 5.97 Å². The second-order valence-electron chi connectivity index (χ2n) is 4.00. The van der Waals surface area contributed by atoms with Gasteiger partial charge in [-0.05, 0) is 30.3 Å². The van der Waals surface area contributed by atoms with Crippen molar-refractivity contribution in [3.63, 3.8) is 0 Å². The summed E-state index contributed by atoms with van der Waals surface area (Å²) in [5, 5.41) is 3.26. The third-order valence-electron chi connectivity index (χ3n) is 2.60. The molecule has 0 bridgehead atoms. The van der Waals surface area contributed by atoms with Gasteiger partial charge in [0.1, 0.15) is 5.82 Å². The summed E-state index contributed by atoms with van der Waals surface area (Å²) in [6.07, 6.45) is 1.31. The first-order valence-corrected chi connectivity index (χ1v) is 6.57. The lowest BCUT2D eigenvalue weighted by Gasteiger charge is -2.07. The molecule has 1 aromatic heterocycles. The van der Waals surface area contributed by atoms with E-state index in [2.05, 4.69) is 15.0 Å². The van der Waals surface area contributed by atoms with Crippen LogP contribution in [0.4, 0.5) is 5.82 Å². The third kappa shape index (κ3) is 3.71. The van der Waals surface area contributed by atoms with Crippen molar-refractivity contribution in [3.8, 4) is 0 Å². The molecule has 1 N–H and O–H groups in total. The molecule has 2 rings (SSSR count). The van der Waals surface area contributed by atoms with Crippen LogP contribution in [0.25, 0.3) is 0 Å². The zero-order valence-corrected chi connectivity index (χ0v) is 12.4. The molecule has 2 aromatic rings. The Hall–Kier alpha value is -2.11. The molecule has 1 aromatic carbocycles. The first-order valence-electron chi connectivity index (χ1n) is 5.82. The summed E-state index contributed by atoms with van der Waals surface area (Å²) in [5.41, 5.74) is 0.569. The number of carbonyl (C=O) groups excluding carboxylic acids is 2. The Morgan fingerprint density at radius 3 is 2.52 bits per heavy atom. The van der Waals surface area contributed by atoms with E-state index in [1.165, 1.54) is 37.6 Å². The van der Waals surface area contributed by atoms with E-state index in [-0.39, 0.29) is 10.6 Å². The maximum absolute atomic E-state index is 12.1. The van der Waals surface area contributed by atoms with Crippen LogP contribution in [0.15, 0.2) is 36.5 Å². The van der Waals surface area contributed by atoms with Crippen LogP contribution < -0.4 is 5.32 Å². The molecule has 0 aliphatic carbocycles. The Balaban J connectivity index is 2.14. The molecule has 21 heavy (non-hydrogen) atoms. The van der Waals surface area contributed by atoms with Gasteiger partial charge < -0.3 is 10.1 Å². The number of halogens is 2.